The zero-order chi connectivity index (χ0) is 13.3. The van der Waals surface area contributed by atoms with E-state index in [4.69, 9.17) is 0 Å². The van der Waals surface area contributed by atoms with Crippen LogP contribution in [0.2, 0.25) is 0 Å². The molecule has 0 atom stereocenters. The molecule has 0 saturated heterocycles. The van der Waals surface area contributed by atoms with E-state index in [1.807, 2.05) is 11.9 Å². The minimum atomic E-state index is -0.288. The maximum absolute atomic E-state index is 12.9. The van der Waals surface area contributed by atoms with Crippen LogP contribution < -0.4 is 4.90 Å². The molecule has 5 heteroatoms. The van der Waals surface area contributed by atoms with Crippen LogP contribution in [0.15, 0.2) is 24.3 Å². The third-order valence-electron chi connectivity index (χ3n) is 2.89. The Morgan fingerprint density at radius 1 is 1.33 bits per heavy atom. The fourth-order valence-corrected chi connectivity index (χ4v) is 1.99. The second-order valence-electron chi connectivity index (χ2n) is 4.10. The highest BCUT2D eigenvalue weighted by Gasteiger charge is 2.17. The summed E-state index contributed by atoms with van der Waals surface area (Å²) in [6, 6.07) is 6.09. The predicted molar refractivity (Wildman–Crippen MR) is 67.8 cm³/mol. The summed E-state index contributed by atoms with van der Waals surface area (Å²) in [5, 5.41) is 4.22. The van der Waals surface area contributed by atoms with Crippen molar-refractivity contribution < 1.29 is 9.18 Å². The summed E-state index contributed by atoms with van der Waals surface area (Å²) >= 11 is 0. The molecule has 2 aromatic rings. The summed E-state index contributed by atoms with van der Waals surface area (Å²) in [4.78, 5) is 12.9. The number of aldehydes is 1. The number of halogens is 1. The minimum absolute atomic E-state index is 0.288. The highest BCUT2D eigenvalue weighted by atomic mass is 19.1. The number of rotatable bonds is 3. The zero-order valence-electron chi connectivity index (χ0n) is 10.5. The smallest absolute Gasteiger partial charge is 0.155 e. The molecule has 2 rings (SSSR count). The summed E-state index contributed by atoms with van der Waals surface area (Å²) in [7, 11) is 3.59. The van der Waals surface area contributed by atoms with Crippen LogP contribution in [0.1, 0.15) is 16.1 Å². The number of aromatic nitrogens is 2. The molecule has 0 aliphatic rings. The number of carbonyl (C=O) groups excluding carboxylic acids is 1. The van der Waals surface area contributed by atoms with E-state index in [2.05, 4.69) is 5.10 Å². The van der Waals surface area contributed by atoms with Gasteiger partial charge in [-0.2, -0.15) is 5.10 Å². The van der Waals surface area contributed by atoms with Gasteiger partial charge >= 0.3 is 0 Å². The van der Waals surface area contributed by atoms with Gasteiger partial charge in [0, 0.05) is 19.8 Å². The summed E-state index contributed by atoms with van der Waals surface area (Å²) in [5.74, 6) is 0.401. The van der Waals surface area contributed by atoms with Gasteiger partial charge in [-0.3, -0.25) is 9.48 Å². The molecule has 0 spiro atoms. The van der Waals surface area contributed by atoms with E-state index >= 15 is 0 Å². The summed E-state index contributed by atoms with van der Waals surface area (Å²) in [6.07, 6.45) is 0.789. The number of aryl methyl sites for hydroxylation is 2. The fraction of sp³-hybridized carbons (Fsp3) is 0.231. The van der Waals surface area contributed by atoms with Crippen molar-refractivity contribution in [2.24, 2.45) is 7.05 Å². The quantitative estimate of drug-likeness (QED) is 0.782. The second-order valence-corrected chi connectivity index (χ2v) is 4.10. The molecule has 1 aromatic carbocycles. The number of benzene rings is 1. The van der Waals surface area contributed by atoms with E-state index in [1.165, 1.54) is 12.1 Å². The van der Waals surface area contributed by atoms with E-state index in [-0.39, 0.29) is 5.82 Å². The molecule has 94 valence electrons. The van der Waals surface area contributed by atoms with Gasteiger partial charge in [-0.15, -0.1) is 0 Å². The Morgan fingerprint density at radius 3 is 2.50 bits per heavy atom. The SMILES string of the molecule is Cc1nn(C)c(N(C)c2ccc(F)cc2)c1C=O. The molecule has 0 radical (unpaired) electrons. The van der Waals surface area contributed by atoms with Crippen LogP contribution in [0.25, 0.3) is 0 Å². The summed E-state index contributed by atoms with van der Waals surface area (Å²) < 4.78 is 14.5. The lowest BCUT2D eigenvalue weighted by molar-refractivity contribution is 0.112. The van der Waals surface area contributed by atoms with E-state index in [0.717, 1.165) is 12.0 Å². The van der Waals surface area contributed by atoms with Crippen LogP contribution in [0.3, 0.4) is 0 Å². The standard InChI is InChI=1S/C13H14FN3O/c1-9-12(8-18)13(17(3)15-9)16(2)11-6-4-10(14)5-7-11/h4-8H,1-3H3. The first-order chi connectivity index (χ1) is 8.54. The average molecular weight is 247 g/mol. The lowest BCUT2D eigenvalue weighted by Gasteiger charge is -2.20. The van der Waals surface area contributed by atoms with Crippen molar-refractivity contribution in [3.63, 3.8) is 0 Å². The number of hydrogen-bond donors (Lipinski definition) is 0. The molecule has 0 N–H and O–H groups in total. The monoisotopic (exact) mass is 247 g/mol. The summed E-state index contributed by atoms with van der Waals surface area (Å²) in [6.45, 7) is 1.78. The van der Waals surface area contributed by atoms with Gasteiger partial charge in [0.25, 0.3) is 0 Å². The van der Waals surface area contributed by atoms with Gasteiger partial charge in [0.05, 0.1) is 11.3 Å². The van der Waals surface area contributed by atoms with E-state index in [1.54, 1.807) is 30.8 Å². The lowest BCUT2D eigenvalue weighted by atomic mass is 10.2. The number of hydrogen-bond acceptors (Lipinski definition) is 3. The van der Waals surface area contributed by atoms with Crippen molar-refractivity contribution in [3.05, 3.63) is 41.3 Å². The number of anilines is 2. The highest BCUT2D eigenvalue weighted by Crippen LogP contribution is 2.27. The molecular formula is C13H14FN3O. The zero-order valence-corrected chi connectivity index (χ0v) is 10.5. The summed E-state index contributed by atoms with van der Waals surface area (Å²) in [5.41, 5.74) is 2.02. The average Bonchev–Trinajstić information content (AvgIpc) is 2.63. The largest absolute Gasteiger partial charge is 0.329 e. The van der Waals surface area contributed by atoms with Crippen LogP contribution in [0, 0.1) is 12.7 Å². The van der Waals surface area contributed by atoms with E-state index < -0.39 is 0 Å². The molecule has 0 fully saturated rings. The van der Waals surface area contributed by atoms with Crippen molar-refractivity contribution in [1.82, 2.24) is 9.78 Å². The Balaban J connectivity index is 2.48. The van der Waals surface area contributed by atoms with E-state index in [9.17, 15) is 9.18 Å². The Hall–Kier alpha value is -2.17. The van der Waals surface area contributed by atoms with Crippen LogP contribution in [-0.4, -0.2) is 23.1 Å². The minimum Gasteiger partial charge on any atom is -0.329 e. The van der Waals surface area contributed by atoms with Gasteiger partial charge in [0.2, 0.25) is 0 Å². The van der Waals surface area contributed by atoms with Crippen molar-refractivity contribution in [1.29, 1.82) is 0 Å². The van der Waals surface area contributed by atoms with Gasteiger partial charge in [-0.25, -0.2) is 4.39 Å². The van der Waals surface area contributed by atoms with Crippen LogP contribution >= 0.6 is 0 Å². The van der Waals surface area contributed by atoms with Crippen molar-refractivity contribution in [3.8, 4) is 0 Å². The van der Waals surface area contributed by atoms with Crippen molar-refractivity contribution in [2.75, 3.05) is 11.9 Å². The first-order valence-corrected chi connectivity index (χ1v) is 5.52. The molecule has 1 heterocycles. The van der Waals surface area contributed by atoms with Crippen LogP contribution in [0.4, 0.5) is 15.9 Å². The highest BCUT2D eigenvalue weighted by molar-refractivity contribution is 5.86. The third kappa shape index (κ3) is 1.99. The topological polar surface area (TPSA) is 38.1 Å². The molecule has 1 aromatic heterocycles. The first-order valence-electron chi connectivity index (χ1n) is 5.52. The lowest BCUT2D eigenvalue weighted by Crippen LogP contribution is -2.15. The van der Waals surface area contributed by atoms with Gasteiger partial charge < -0.3 is 4.90 Å². The van der Waals surface area contributed by atoms with Gasteiger partial charge in [0.1, 0.15) is 11.6 Å². The molecule has 0 unspecified atom stereocenters. The maximum atomic E-state index is 12.9. The molecule has 0 bridgehead atoms. The van der Waals surface area contributed by atoms with Gasteiger partial charge in [-0.1, -0.05) is 0 Å². The Labute approximate surface area is 105 Å². The first kappa shape index (κ1) is 12.3. The molecule has 0 aliphatic heterocycles. The molecule has 0 aliphatic carbocycles. The third-order valence-corrected chi connectivity index (χ3v) is 2.89. The molecule has 18 heavy (non-hydrogen) atoms. The van der Waals surface area contributed by atoms with Crippen molar-refractivity contribution in [2.45, 2.75) is 6.92 Å². The van der Waals surface area contributed by atoms with Crippen LogP contribution in [-0.2, 0) is 7.05 Å². The van der Waals surface area contributed by atoms with Gasteiger partial charge in [0.15, 0.2) is 6.29 Å². The second kappa shape index (κ2) is 4.60. The molecule has 4 nitrogen and oxygen atoms in total. The number of nitrogens with zero attached hydrogens (tertiary/aromatic N) is 3. The number of carbonyl (C=O) groups is 1. The van der Waals surface area contributed by atoms with Crippen molar-refractivity contribution >= 4 is 17.8 Å². The maximum Gasteiger partial charge on any atom is 0.155 e. The van der Waals surface area contributed by atoms with Crippen LogP contribution in [0.5, 0.6) is 0 Å². The van der Waals surface area contributed by atoms with E-state index in [0.29, 0.717) is 17.1 Å². The molecule has 0 saturated carbocycles. The molecule has 0 amide bonds. The van der Waals surface area contributed by atoms with Gasteiger partial charge in [-0.05, 0) is 31.2 Å². The molecular weight excluding hydrogens is 233 g/mol. The Morgan fingerprint density at radius 2 is 1.94 bits per heavy atom. The Bertz CT molecular complexity index is 575. The predicted octanol–water partition coefficient (Wildman–Crippen LogP) is 2.45. The fourth-order valence-electron chi connectivity index (χ4n) is 1.99. The normalized spacial score (nSPS) is 10.4. The Kier molecular flexibility index (Phi) is 3.14.